The second-order valence-corrected chi connectivity index (χ2v) is 5.25. The van der Waals surface area contributed by atoms with E-state index in [2.05, 4.69) is 48.1 Å². The molecule has 0 saturated heterocycles. The van der Waals surface area contributed by atoms with Crippen LogP contribution in [-0.2, 0) is 0 Å². The predicted molar refractivity (Wildman–Crippen MR) is 78.7 cm³/mol. The summed E-state index contributed by atoms with van der Waals surface area (Å²) in [5, 5.41) is 3.35. The maximum Gasteiger partial charge on any atom is 0.134 e. The Labute approximate surface area is 117 Å². The van der Waals surface area contributed by atoms with Gasteiger partial charge in [0.15, 0.2) is 0 Å². The molecule has 0 radical (unpaired) electrons. The van der Waals surface area contributed by atoms with Crippen molar-refractivity contribution >= 4 is 15.9 Å². The number of nitrogens with one attached hydrogen (secondary N) is 1. The van der Waals surface area contributed by atoms with E-state index in [4.69, 9.17) is 4.42 Å². The molecule has 0 fully saturated rings. The van der Waals surface area contributed by atoms with E-state index in [1.807, 2.05) is 24.3 Å². The van der Waals surface area contributed by atoms with Gasteiger partial charge in [-0.05, 0) is 44.2 Å². The molecular formula is C15H18BrNO. The van der Waals surface area contributed by atoms with Gasteiger partial charge in [0.2, 0.25) is 0 Å². The molecule has 0 saturated carbocycles. The molecule has 2 aromatic rings. The zero-order chi connectivity index (χ0) is 13.1. The summed E-state index contributed by atoms with van der Waals surface area (Å²) in [5.74, 6) is 1.90. The van der Waals surface area contributed by atoms with Gasteiger partial charge < -0.3 is 9.73 Å². The molecule has 1 heterocycles. The molecule has 0 bridgehead atoms. The second-order valence-electron chi connectivity index (χ2n) is 4.39. The Morgan fingerprint density at radius 2 is 2.06 bits per heavy atom. The Morgan fingerprint density at radius 1 is 1.28 bits per heavy atom. The third-order valence-electron chi connectivity index (χ3n) is 3.10. The minimum absolute atomic E-state index is 0.246. The van der Waals surface area contributed by atoms with Crippen LogP contribution in [0.4, 0.5) is 0 Å². The van der Waals surface area contributed by atoms with Crippen LogP contribution in [0, 0.1) is 6.92 Å². The number of hydrogen-bond donors (Lipinski definition) is 1. The van der Waals surface area contributed by atoms with Crippen LogP contribution >= 0.6 is 15.9 Å². The van der Waals surface area contributed by atoms with Crippen LogP contribution in [0.2, 0.25) is 0 Å². The Balaban J connectivity index is 2.32. The number of rotatable bonds is 4. The summed E-state index contributed by atoms with van der Waals surface area (Å²) in [6, 6.07) is 10.5. The number of furan rings is 1. The van der Waals surface area contributed by atoms with Gasteiger partial charge in [0, 0.05) is 10.0 Å². The molecule has 1 aromatic carbocycles. The van der Waals surface area contributed by atoms with Crippen molar-refractivity contribution in [2.45, 2.75) is 26.8 Å². The SMILES string of the molecule is CCNC(C)c1ccc(-c2cccc(Br)c2C)o1. The van der Waals surface area contributed by atoms with Gasteiger partial charge in [0.1, 0.15) is 11.5 Å². The zero-order valence-electron chi connectivity index (χ0n) is 11.0. The zero-order valence-corrected chi connectivity index (χ0v) is 12.5. The highest BCUT2D eigenvalue weighted by Gasteiger charge is 2.12. The smallest absolute Gasteiger partial charge is 0.134 e. The molecule has 1 aromatic heterocycles. The van der Waals surface area contributed by atoms with E-state index in [0.29, 0.717) is 0 Å². The van der Waals surface area contributed by atoms with Gasteiger partial charge >= 0.3 is 0 Å². The molecule has 18 heavy (non-hydrogen) atoms. The third kappa shape index (κ3) is 2.68. The quantitative estimate of drug-likeness (QED) is 0.886. The van der Waals surface area contributed by atoms with Crippen molar-refractivity contribution in [3.05, 3.63) is 46.1 Å². The molecule has 0 aliphatic heterocycles. The minimum atomic E-state index is 0.246. The molecule has 2 rings (SSSR count). The van der Waals surface area contributed by atoms with E-state index in [9.17, 15) is 0 Å². The highest BCUT2D eigenvalue weighted by Crippen LogP contribution is 2.31. The Morgan fingerprint density at radius 3 is 2.78 bits per heavy atom. The van der Waals surface area contributed by atoms with Crippen molar-refractivity contribution in [2.75, 3.05) is 6.54 Å². The summed E-state index contributed by atoms with van der Waals surface area (Å²) in [5.41, 5.74) is 2.34. The van der Waals surface area contributed by atoms with Crippen molar-refractivity contribution in [1.82, 2.24) is 5.32 Å². The lowest BCUT2D eigenvalue weighted by molar-refractivity contribution is 0.445. The Kier molecular flexibility index (Phi) is 4.25. The van der Waals surface area contributed by atoms with Gasteiger partial charge in [-0.3, -0.25) is 0 Å². The summed E-state index contributed by atoms with van der Waals surface area (Å²) >= 11 is 3.55. The molecular weight excluding hydrogens is 290 g/mol. The van der Waals surface area contributed by atoms with Gasteiger partial charge in [0.05, 0.1) is 6.04 Å². The molecule has 1 N–H and O–H groups in total. The molecule has 1 unspecified atom stereocenters. The van der Waals surface area contributed by atoms with Gasteiger partial charge in [-0.15, -0.1) is 0 Å². The molecule has 96 valence electrons. The van der Waals surface area contributed by atoms with E-state index in [1.54, 1.807) is 0 Å². The van der Waals surface area contributed by atoms with Gasteiger partial charge in [-0.25, -0.2) is 0 Å². The van der Waals surface area contributed by atoms with Crippen molar-refractivity contribution in [1.29, 1.82) is 0 Å². The molecule has 0 aliphatic carbocycles. The predicted octanol–water partition coefficient (Wildman–Crippen LogP) is 4.69. The first-order valence-electron chi connectivity index (χ1n) is 6.22. The van der Waals surface area contributed by atoms with Crippen molar-refractivity contribution in [3.8, 4) is 11.3 Å². The maximum atomic E-state index is 5.94. The monoisotopic (exact) mass is 307 g/mol. The second kappa shape index (κ2) is 5.72. The van der Waals surface area contributed by atoms with E-state index in [1.165, 1.54) is 5.56 Å². The first-order valence-corrected chi connectivity index (χ1v) is 7.01. The molecule has 0 spiro atoms. The highest BCUT2D eigenvalue weighted by atomic mass is 79.9. The van der Waals surface area contributed by atoms with Crippen molar-refractivity contribution in [2.24, 2.45) is 0 Å². The topological polar surface area (TPSA) is 25.2 Å². The largest absolute Gasteiger partial charge is 0.459 e. The van der Waals surface area contributed by atoms with E-state index in [0.717, 1.165) is 28.1 Å². The molecule has 3 heteroatoms. The van der Waals surface area contributed by atoms with Crippen molar-refractivity contribution < 1.29 is 4.42 Å². The first kappa shape index (κ1) is 13.4. The molecule has 1 atom stereocenters. The lowest BCUT2D eigenvalue weighted by atomic mass is 10.1. The Bertz CT molecular complexity index is 533. The van der Waals surface area contributed by atoms with Crippen LogP contribution < -0.4 is 5.32 Å². The lowest BCUT2D eigenvalue weighted by Crippen LogP contribution is -2.16. The fourth-order valence-corrected chi connectivity index (χ4v) is 2.38. The van der Waals surface area contributed by atoms with Crippen LogP contribution in [0.5, 0.6) is 0 Å². The summed E-state index contributed by atoms with van der Waals surface area (Å²) in [7, 11) is 0. The molecule has 0 aliphatic rings. The maximum absolute atomic E-state index is 5.94. The summed E-state index contributed by atoms with van der Waals surface area (Å²) in [6.07, 6.45) is 0. The lowest BCUT2D eigenvalue weighted by Gasteiger charge is -2.09. The summed E-state index contributed by atoms with van der Waals surface area (Å²) < 4.78 is 7.05. The fourth-order valence-electron chi connectivity index (χ4n) is 2.01. The van der Waals surface area contributed by atoms with Gasteiger partial charge in [-0.1, -0.05) is 35.0 Å². The average Bonchev–Trinajstić information content (AvgIpc) is 2.82. The minimum Gasteiger partial charge on any atom is -0.459 e. The van der Waals surface area contributed by atoms with Crippen LogP contribution in [0.3, 0.4) is 0 Å². The molecule has 2 nitrogen and oxygen atoms in total. The normalized spacial score (nSPS) is 12.7. The first-order chi connectivity index (χ1) is 8.63. The highest BCUT2D eigenvalue weighted by molar-refractivity contribution is 9.10. The third-order valence-corrected chi connectivity index (χ3v) is 3.96. The number of benzene rings is 1. The van der Waals surface area contributed by atoms with E-state index >= 15 is 0 Å². The standard InChI is InChI=1S/C15H18BrNO/c1-4-17-11(3)14-8-9-15(18-14)12-6-5-7-13(16)10(12)2/h5-9,11,17H,4H2,1-3H3. The number of hydrogen-bond acceptors (Lipinski definition) is 2. The summed E-state index contributed by atoms with van der Waals surface area (Å²) in [4.78, 5) is 0. The van der Waals surface area contributed by atoms with Crippen molar-refractivity contribution in [3.63, 3.8) is 0 Å². The average molecular weight is 308 g/mol. The van der Waals surface area contributed by atoms with E-state index in [-0.39, 0.29) is 6.04 Å². The Hall–Kier alpha value is -1.06. The van der Waals surface area contributed by atoms with E-state index < -0.39 is 0 Å². The summed E-state index contributed by atoms with van der Waals surface area (Å²) in [6.45, 7) is 7.24. The van der Waals surface area contributed by atoms with Crippen LogP contribution in [0.1, 0.15) is 31.2 Å². The van der Waals surface area contributed by atoms with Crippen LogP contribution in [-0.4, -0.2) is 6.54 Å². The van der Waals surface area contributed by atoms with Crippen LogP contribution in [0.25, 0.3) is 11.3 Å². The molecule has 0 amide bonds. The van der Waals surface area contributed by atoms with Gasteiger partial charge in [0.25, 0.3) is 0 Å². The number of halogens is 1. The van der Waals surface area contributed by atoms with Crippen LogP contribution in [0.15, 0.2) is 39.2 Å². The fraction of sp³-hybridized carbons (Fsp3) is 0.333. The van der Waals surface area contributed by atoms with Gasteiger partial charge in [-0.2, -0.15) is 0 Å².